The summed E-state index contributed by atoms with van der Waals surface area (Å²) in [4.78, 5) is 10.8. The summed E-state index contributed by atoms with van der Waals surface area (Å²) in [5.74, 6) is 1.13. The molecule has 0 aliphatic carbocycles. The molecule has 3 nitrogen and oxygen atoms in total. The molecule has 2 aromatic rings. The van der Waals surface area contributed by atoms with Gasteiger partial charge >= 0.3 is 5.97 Å². The molecule has 78 valence electrons. The average Bonchev–Trinajstić information content (AvgIpc) is 2.58. The van der Waals surface area contributed by atoms with Gasteiger partial charge in [0.25, 0.3) is 0 Å². The SMILES string of the molecule is CCc1cc2ccc(OC(C)=O)cc2o1. The number of fused-ring (bicyclic) bond motifs is 1. The highest BCUT2D eigenvalue weighted by atomic mass is 16.5. The molecule has 0 saturated heterocycles. The first-order valence-electron chi connectivity index (χ1n) is 4.90. The number of carbonyl (C=O) groups is 1. The van der Waals surface area contributed by atoms with Crippen LogP contribution in [0.3, 0.4) is 0 Å². The predicted octanol–water partition coefficient (Wildman–Crippen LogP) is 2.92. The normalized spacial score (nSPS) is 10.5. The number of hydrogen-bond donors (Lipinski definition) is 0. The first-order valence-corrected chi connectivity index (χ1v) is 4.90. The van der Waals surface area contributed by atoms with Gasteiger partial charge in [0.2, 0.25) is 0 Å². The van der Waals surface area contributed by atoms with Crippen LogP contribution in [-0.2, 0) is 11.2 Å². The van der Waals surface area contributed by atoms with E-state index >= 15 is 0 Å². The van der Waals surface area contributed by atoms with Crippen LogP contribution in [0.15, 0.2) is 28.7 Å². The van der Waals surface area contributed by atoms with Crippen molar-refractivity contribution >= 4 is 16.9 Å². The van der Waals surface area contributed by atoms with E-state index in [4.69, 9.17) is 9.15 Å². The van der Waals surface area contributed by atoms with Crippen molar-refractivity contribution in [3.63, 3.8) is 0 Å². The second-order valence-electron chi connectivity index (χ2n) is 3.36. The molecule has 2 rings (SSSR count). The van der Waals surface area contributed by atoms with Crippen molar-refractivity contribution < 1.29 is 13.9 Å². The van der Waals surface area contributed by atoms with Gasteiger partial charge < -0.3 is 9.15 Å². The zero-order chi connectivity index (χ0) is 10.8. The van der Waals surface area contributed by atoms with Crippen molar-refractivity contribution in [2.45, 2.75) is 20.3 Å². The smallest absolute Gasteiger partial charge is 0.308 e. The molecule has 0 aliphatic heterocycles. The first kappa shape index (κ1) is 9.77. The molecule has 0 aliphatic rings. The largest absolute Gasteiger partial charge is 0.461 e. The maximum Gasteiger partial charge on any atom is 0.308 e. The Morgan fingerprint density at radius 3 is 2.87 bits per heavy atom. The molecule has 0 atom stereocenters. The van der Waals surface area contributed by atoms with E-state index in [1.807, 2.05) is 19.1 Å². The first-order chi connectivity index (χ1) is 7.19. The lowest BCUT2D eigenvalue weighted by atomic mass is 10.2. The highest BCUT2D eigenvalue weighted by molar-refractivity contribution is 5.80. The maximum atomic E-state index is 10.8. The lowest BCUT2D eigenvalue weighted by Crippen LogP contribution is -2.00. The van der Waals surface area contributed by atoms with Gasteiger partial charge in [-0.3, -0.25) is 4.79 Å². The van der Waals surface area contributed by atoms with Crippen LogP contribution in [0.2, 0.25) is 0 Å². The molecule has 1 heterocycles. The van der Waals surface area contributed by atoms with Gasteiger partial charge in [-0.05, 0) is 18.2 Å². The van der Waals surface area contributed by atoms with Gasteiger partial charge in [0.05, 0.1) is 0 Å². The van der Waals surface area contributed by atoms with Crippen molar-refractivity contribution in [1.29, 1.82) is 0 Å². The Bertz CT molecular complexity index is 497. The number of ether oxygens (including phenoxy) is 1. The summed E-state index contributed by atoms with van der Waals surface area (Å²) in [6.07, 6.45) is 0.859. The Hall–Kier alpha value is -1.77. The topological polar surface area (TPSA) is 39.4 Å². The van der Waals surface area contributed by atoms with E-state index < -0.39 is 0 Å². The van der Waals surface area contributed by atoms with E-state index in [1.54, 1.807) is 12.1 Å². The van der Waals surface area contributed by atoms with Crippen molar-refractivity contribution in [1.82, 2.24) is 0 Å². The zero-order valence-corrected chi connectivity index (χ0v) is 8.74. The number of aryl methyl sites for hydroxylation is 1. The minimum absolute atomic E-state index is 0.323. The van der Waals surface area contributed by atoms with E-state index in [-0.39, 0.29) is 5.97 Å². The van der Waals surface area contributed by atoms with Crippen molar-refractivity contribution in [3.05, 3.63) is 30.0 Å². The second kappa shape index (κ2) is 3.77. The summed E-state index contributed by atoms with van der Waals surface area (Å²) in [6.45, 7) is 3.41. The molecule has 0 spiro atoms. The van der Waals surface area contributed by atoms with Crippen molar-refractivity contribution in [3.8, 4) is 5.75 Å². The van der Waals surface area contributed by atoms with Crippen LogP contribution in [0, 0.1) is 0 Å². The number of esters is 1. The zero-order valence-electron chi connectivity index (χ0n) is 8.74. The van der Waals surface area contributed by atoms with E-state index in [9.17, 15) is 4.79 Å². The van der Waals surface area contributed by atoms with Crippen LogP contribution in [-0.4, -0.2) is 5.97 Å². The molecule has 0 saturated carbocycles. The van der Waals surface area contributed by atoms with Gasteiger partial charge in [-0.15, -0.1) is 0 Å². The molecule has 0 radical (unpaired) electrons. The molecule has 0 unspecified atom stereocenters. The molecule has 0 amide bonds. The van der Waals surface area contributed by atoms with Crippen LogP contribution < -0.4 is 4.74 Å². The number of rotatable bonds is 2. The Kier molecular flexibility index (Phi) is 2.46. The van der Waals surface area contributed by atoms with Crippen LogP contribution in [0.1, 0.15) is 19.6 Å². The van der Waals surface area contributed by atoms with E-state index in [1.165, 1.54) is 6.92 Å². The molecule has 0 fully saturated rings. The Balaban J connectivity index is 2.41. The van der Waals surface area contributed by atoms with Crippen molar-refractivity contribution in [2.75, 3.05) is 0 Å². The lowest BCUT2D eigenvalue weighted by molar-refractivity contribution is -0.131. The summed E-state index contributed by atoms with van der Waals surface area (Å²) in [7, 11) is 0. The third kappa shape index (κ3) is 2.01. The van der Waals surface area contributed by atoms with Crippen LogP contribution >= 0.6 is 0 Å². The number of hydrogen-bond acceptors (Lipinski definition) is 3. The van der Waals surface area contributed by atoms with Gasteiger partial charge in [0.15, 0.2) is 0 Å². The summed E-state index contributed by atoms with van der Waals surface area (Å²) in [6, 6.07) is 7.37. The van der Waals surface area contributed by atoms with Crippen LogP contribution in [0.25, 0.3) is 11.0 Å². The Morgan fingerprint density at radius 1 is 1.40 bits per heavy atom. The van der Waals surface area contributed by atoms with Gasteiger partial charge in [0, 0.05) is 24.8 Å². The predicted molar refractivity (Wildman–Crippen MR) is 56.9 cm³/mol. The molecule has 1 aromatic heterocycles. The van der Waals surface area contributed by atoms with Crippen LogP contribution in [0.5, 0.6) is 5.75 Å². The maximum absolute atomic E-state index is 10.8. The summed E-state index contributed by atoms with van der Waals surface area (Å²) < 4.78 is 10.5. The number of furan rings is 1. The van der Waals surface area contributed by atoms with Gasteiger partial charge in [-0.25, -0.2) is 0 Å². The number of carbonyl (C=O) groups excluding carboxylic acids is 1. The fraction of sp³-hybridized carbons (Fsp3) is 0.250. The summed E-state index contributed by atoms with van der Waals surface area (Å²) >= 11 is 0. The van der Waals surface area contributed by atoms with Crippen molar-refractivity contribution in [2.24, 2.45) is 0 Å². The van der Waals surface area contributed by atoms with Crippen LogP contribution in [0.4, 0.5) is 0 Å². The number of benzene rings is 1. The molecule has 0 bridgehead atoms. The highest BCUT2D eigenvalue weighted by Gasteiger charge is 2.04. The van der Waals surface area contributed by atoms with E-state index in [0.29, 0.717) is 5.75 Å². The minimum atomic E-state index is -0.323. The highest BCUT2D eigenvalue weighted by Crippen LogP contribution is 2.24. The molecule has 15 heavy (non-hydrogen) atoms. The third-order valence-electron chi connectivity index (χ3n) is 2.15. The monoisotopic (exact) mass is 204 g/mol. The van der Waals surface area contributed by atoms with E-state index in [2.05, 4.69) is 0 Å². The third-order valence-corrected chi connectivity index (χ3v) is 2.15. The van der Waals surface area contributed by atoms with Gasteiger partial charge in [0.1, 0.15) is 17.1 Å². The fourth-order valence-electron chi connectivity index (χ4n) is 1.47. The minimum Gasteiger partial charge on any atom is -0.461 e. The second-order valence-corrected chi connectivity index (χ2v) is 3.36. The fourth-order valence-corrected chi connectivity index (χ4v) is 1.47. The Morgan fingerprint density at radius 2 is 2.20 bits per heavy atom. The lowest BCUT2D eigenvalue weighted by Gasteiger charge is -1.99. The molecule has 1 aromatic carbocycles. The molecule has 3 heteroatoms. The average molecular weight is 204 g/mol. The quantitative estimate of drug-likeness (QED) is 0.557. The standard InChI is InChI=1S/C12H12O3/c1-3-10-6-9-4-5-11(14-8(2)13)7-12(9)15-10/h4-7H,3H2,1-2H3. The van der Waals surface area contributed by atoms with Gasteiger partial charge in [-0.2, -0.15) is 0 Å². The summed E-state index contributed by atoms with van der Waals surface area (Å²) in [5, 5.41) is 1.03. The van der Waals surface area contributed by atoms with Gasteiger partial charge in [-0.1, -0.05) is 6.92 Å². The molecular formula is C12H12O3. The molecule has 0 N–H and O–H groups in total. The molecular weight excluding hydrogens is 192 g/mol. The van der Waals surface area contributed by atoms with E-state index in [0.717, 1.165) is 23.2 Å². The summed E-state index contributed by atoms with van der Waals surface area (Å²) in [5.41, 5.74) is 0.755. The Labute approximate surface area is 87.6 Å².